The zero-order chi connectivity index (χ0) is 43.3. The lowest BCUT2D eigenvalue weighted by Gasteiger charge is -2.39. The maximum Gasteiger partial charge on any atom is 0.410 e. The Morgan fingerprint density at radius 1 is 0.847 bits per heavy atom. The lowest BCUT2D eigenvalue weighted by Crippen LogP contribution is -2.60. The van der Waals surface area contributed by atoms with Crippen molar-refractivity contribution in [2.45, 2.75) is 84.0 Å². The average Bonchev–Trinajstić information content (AvgIpc) is 3.54. The third-order valence-electron chi connectivity index (χ3n) is 10.6. The molecule has 18 heteroatoms. The second kappa shape index (κ2) is 22.3. The Morgan fingerprint density at radius 2 is 1.42 bits per heavy atom. The molecule has 1 aromatic carbocycles. The summed E-state index contributed by atoms with van der Waals surface area (Å²) in [6.45, 7) is 9.00. The van der Waals surface area contributed by atoms with Crippen LogP contribution in [0.3, 0.4) is 0 Å². The van der Waals surface area contributed by atoms with Crippen LogP contribution in [0.2, 0.25) is 0 Å². The van der Waals surface area contributed by atoms with Gasteiger partial charge in [0, 0.05) is 58.3 Å². The van der Waals surface area contributed by atoms with Crippen molar-refractivity contribution in [1.29, 1.82) is 0 Å². The molecule has 0 radical (unpaired) electrons. The number of likely N-dealkylation sites (N-methyl/N-ethyl adjacent to an activating group) is 2. The predicted molar refractivity (Wildman–Crippen MR) is 213 cm³/mol. The van der Waals surface area contributed by atoms with E-state index in [1.165, 1.54) is 32.4 Å². The highest BCUT2D eigenvalue weighted by Crippen LogP contribution is 2.29. The van der Waals surface area contributed by atoms with Crippen molar-refractivity contribution >= 4 is 40.6 Å². The molecule has 1 aliphatic heterocycles. The van der Waals surface area contributed by atoms with Gasteiger partial charge in [-0.1, -0.05) is 19.3 Å². The summed E-state index contributed by atoms with van der Waals surface area (Å²) in [7, 11) is 3.05. The van der Waals surface area contributed by atoms with Crippen molar-refractivity contribution in [3.8, 4) is 0 Å². The summed E-state index contributed by atoms with van der Waals surface area (Å²) >= 11 is 0. The van der Waals surface area contributed by atoms with Crippen LogP contribution in [-0.4, -0.2) is 170 Å². The molecule has 1 aliphatic carbocycles. The summed E-state index contributed by atoms with van der Waals surface area (Å²) in [4.78, 5) is 73.7. The minimum Gasteiger partial charge on any atom is -0.444 e. The number of hydrogen-bond acceptors (Lipinski definition) is 10. The number of fused-ring (bicyclic) bond motifs is 1. The van der Waals surface area contributed by atoms with Gasteiger partial charge in [-0.25, -0.2) is 13.6 Å². The average molecular weight is 837 g/mol. The summed E-state index contributed by atoms with van der Waals surface area (Å²) in [5.74, 6) is -3.91. The summed E-state index contributed by atoms with van der Waals surface area (Å²) in [6, 6.07) is 1.66. The molecular weight excluding hydrogens is 774 g/mol. The summed E-state index contributed by atoms with van der Waals surface area (Å²) in [5, 5.41) is 11.9. The van der Waals surface area contributed by atoms with Crippen molar-refractivity contribution in [3.05, 3.63) is 35.5 Å². The number of nitrogens with zero attached hydrogens (tertiary/aromatic N) is 5. The first-order valence-electron chi connectivity index (χ1n) is 20.4. The first-order valence-corrected chi connectivity index (χ1v) is 20.4. The summed E-state index contributed by atoms with van der Waals surface area (Å²) in [5.41, 5.74) is -0.506. The number of hydrogen-bond donors (Lipinski definition) is 2. The second-order valence-electron chi connectivity index (χ2n) is 16.1. The SMILES string of the molecule is C[C@@H](C(=O)N[C@H](C(=O)N1CCN(C(=O)c2cc3cc(F)c(F)cc3n2CC(=O)N(C)CCOCCOCCOCCO)CC1)C1CCCCC1)N(C)C(=O)OC(C)(C)C. The third kappa shape index (κ3) is 13.6. The molecule has 59 heavy (non-hydrogen) atoms. The maximum absolute atomic E-state index is 14.5. The molecule has 2 atom stereocenters. The van der Waals surface area contributed by atoms with Gasteiger partial charge in [0.2, 0.25) is 17.7 Å². The van der Waals surface area contributed by atoms with Crippen LogP contribution in [0.4, 0.5) is 13.6 Å². The van der Waals surface area contributed by atoms with Crippen molar-refractivity contribution in [2.24, 2.45) is 5.92 Å². The quantitative estimate of drug-likeness (QED) is 0.201. The van der Waals surface area contributed by atoms with Crippen LogP contribution >= 0.6 is 0 Å². The Balaban J connectivity index is 1.40. The fourth-order valence-corrected chi connectivity index (χ4v) is 7.07. The minimum absolute atomic E-state index is 0.0600. The van der Waals surface area contributed by atoms with E-state index in [1.54, 1.807) is 39.6 Å². The van der Waals surface area contributed by atoms with Crippen LogP contribution in [-0.2, 0) is 39.9 Å². The van der Waals surface area contributed by atoms with E-state index in [0.717, 1.165) is 44.2 Å². The van der Waals surface area contributed by atoms with Crippen LogP contribution in [0.1, 0.15) is 70.3 Å². The Labute approximate surface area is 345 Å². The molecule has 1 saturated heterocycles. The fourth-order valence-electron chi connectivity index (χ4n) is 7.07. The molecule has 16 nitrogen and oxygen atoms in total. The summed E-state index contributed by atoms with van der Waals surface area (Å²) < 4.78 is 51.8. The maximum atomic E-state index is 14.5. The lowest BCUT2D eigenvalue weighted by molar-refractivity contribution is -0.140. The standard InChI is InChI=1S/C41H62F2N6O10/c1-28(46(6)40(55)59-41(2,3)4)37(52)44-36(29-10-8-7-9-11-29)39(54)48-14-12-47(13-15-48)38(53)34-25-30-24-31(42)32(43)26-33(30)49(34)27-35(51)45(5)16-18-56-20-22-58-23-21-57-19-17-50/h24-26,28-29,36,50H,7-23,27H2,1-6H3,(H,44,52)/t28-,36-/m0/s1. The lowest BCUT2D eigenvalue weighted by atomic mass is 9.83. The Morgan fingerprint density at radius 3 is 2.03 bits per heavy atom. The van der Waals surface area contributed by atoms with Gasteiger partial charge in [-0.3, -0.25) is 24.1 Å². The van der Waals surface area contributed by atoms with Crippen LogP contribution in [0, 0.1) is 17.6 Å². The highest BCUT2D eigenvalue weighted by molar-refractivity contribution is 6.00. The number of carbonyl (C=O) groups excluding carboxylic acids is 5. The van der Waals surface area contributed by atoms with E-state index in [2.05, 4.69) is 5.32 Å². The molecule has 0 bridgehead atoms. The smallest absolute Gasteiger partial charge is 0.410 e. The molecule has 2 aromatic rings. The van der Waals surface area contributed by atoms with E-state index in [0.29, 0.717) is 19.8 Å². The normalized spacial score (nSPS) is 16.2. The Bertz CT molecular complexity index is 1740. The monoisotopic (exact) mass is 836 g/mol. The molecule has 0 spiro atoms. The van der Waals surface area contributed by atoms with Crippen molar-refractivity contribution in [3.63, 3.8) is 0 Å². The first kappa shape index (κ1) is 47.3. The number of halogens is 2. The molecular formula is C41H62F2N6O10. The zero-order valence-electron chi connectivity index (χ0n) is 35.3. The van der Waals surface area contributed by atoms with Crippen molar-refractivity contribution < 1.29 is 56.8 Å². The van der Waals surface area contributed by atoms with E-state index in [9.17, 15) is 32.8 Å². The number of aromatic nitrogens is 1. The van der Waals surface area contributed by atoms with Crippen molar-refractivity contribution in [2.75, 3.05) is 93.1 Å². The largest absolute Gasteiger partial charge is 0.444 e. The number of benzene rings is 1. The Hall–Kier alpha value is -4.39. The van der Waals surface area contributed by atoms with E-state index in [-0.39, 0.29) is 100 Å². The molecule has 2 heterocycles. The van der Waals surface area contributed by atoms with Gasteiger partial charge in [0.05, 0.1) is 51.8 Å². The molecule has 2 N–H and O–H groups in total. The topological polar surface area (TPSA) is 172 Å². The number of amides is 5. The first-order chi connectivity index (χ1) is 28.0. The third-order valence-corrected chi connectivity index (χ3v) is 10.6. The van der Waals surface area contributed by atoms with Gasteiger partial charge in [-0.05, 0) is 58.6 Å². The van der Waals surface area contributed by atoms with Crippen LogP contribution < -0.4 is 5.32 Å². The van der Waals surface area contributed by atoms with Gasteiger partial charge in [0.1, 0.15) is 29.9 Å². The number of piperazine rings is 1. The van der Waals surface area contributed by atoms with Crippen LogP contribution in [0.25, 0.3) is 10.9 Å². The minimum atomic E-state index is -1.12. The molecule has 330 valence electrons. The van der Waals surface area contributed by atoms with E-state index >= 15 is 0 Å². The van der Waals surface area contributed by atoms with Gasteiger partial charge in [0.25, 0.3) is 5.91 Å². The molecule has 1 aromatic heterocycles. The number of rotatable bonds is 19. The van der Waals surface area contributed by atoms with Gasteiger partial charge in [-0.15, -0.1) is 0 Å². The molecule has 5 amide bonds. The van der Waals surface area contributed by atoms with Gasteiger partial charge < -0.3 is 48.6 Å². The fraction of sp³-hybridized carbons (Fsp3) is 0.683. The molecule has 1 saturated carbocycles. The van der Waals surface area contributed by atoms with Crippen LogP contribution in [0.15, 0.2) is 18.2 Å². The van der Waals surface area contributed by atoms with E-state index < -0.39 is 47.2 Å². The highest BCUT2D eigenvalue weighted by Gasteiger charge is 2.38. The van der Waals surface area contributed by atoms with E-state index in [1.807, 2.05) is 0 Å². The number of aliphatic hydroxyl groups excluding tert-OH is 1. The number of carbonyl (C=O) groups is 5. The van der Waals surface area contributed by atoms with Crippen LogP contribution in [0.5, 0.6) is 0 Å². The predicted octanol–water partition coefficient (Wildman–Crippen LogP) is 3.02. The summed E-state index contributed by atoms with van der Waals surface area (Å²) in [6.07, 6.45) is 3.75. The van der Waals surface area contributed by atoms with E-state index in [4.69, 9.17) is 24.1 Å². The van der Waals surface area contributed by atoms with Gasteiger partial charge in [0.15, 0.2) is 11.6 Å². The number of nitrogens with one attached hydrogen (secondary N) is 1. The number of ether oxygens (including phenoxy) is 4. The van der Waals surface area contributed by atoms with Gasteiger partial charge >= 0.3 is 6.09 Å². The zero-order valence-corrected chi connectivity index (χ0v) is 35.3. The van der Waals surface area contributed by atoms with Gasteiger partial charge in [-0.2, -0.15) is 0 Å². The molecule has 2 aliphatic rings. The molecule has 4 rings (SSSR count). The van der Waals surface area contributed by atoms with Crippen molar-refractivity contribution in [1.82, 2.24) is 29.5 Å². The molecule has 2 fully saturated rings. The highest BCUT2D eigenvalue weighted by atomic mass is 19.2. The second-order valence-corrected chi connectivity index (χ2v) is 16.1. The Kier molecular flexibility index (Phi) is 17.9. The number of aliphatic hydroxyl groups is 1. The molecule has 0 unspecified atom stereocenters.